The van der Waals surface area contributed by atoms with Gasteiger partial charge in [0.2, 0.25) is 5.89 Å². The van der Waals surface area contributed by atoms with E-state index in [2.05, 4.69) is 9.97 Å². The van der Waals surface area contributed by atoms with Crippen molar-refractivity contribution in [3.63, 3.8) is 0 Å². The Morgan fingerprint density at radius 2 is 2.24 bits per heavy atom. The van der Waals surface area contributed by atoms with Gasteiger partial charge in [-0.05, 0) is 19.1 Å². The summed E-state index contributed by atoms with van der Waals surface area (Å²) in [7, 11) is 1.68. The maximum absolute atomic E-state index is 13.5. The minimum Gasteiger partial charge on any atom is -0.481 e. The normalized spacial score (nSPS) is 12.0. The fraction of sp³-hybridized carbons (Fsp3) is 0.235. The first-order valence-corrected chi connectivity index (χ1v) is 8.42. The number of benzene rings is 1. The Morgan fingerprint density at radius 3 is 2.96 bits per heavy atom. The van der Waals surface area contributed by atoms with Gasteiger partial charge in [-0.1, -0.05) is 12.1 Å². The number of carbonyl (C=O) groups excluding carboxylic acids is 1. The zero-order valence-electron chi connectivity index (χ0n) is 13.7. The fourth-order valence-corrected chi connectivity index (χ4v) is 2.88. The number of halogens is 1. The smallest absolute Gasteiger partial charge is 0.276 e. The van der Waals surface area contributed by atoms with E-state index in [1.807, 2.05) is 12.3 Å². The molecule has 3 aromatic rings. The summed E-state index contributed by atoms with van der Waals surface area (Å²) in [6.45, 7) is 1.82. The van der Waals surface area contributed by atoms with Crippen LogP contribution in [0.5, 0.6) is 5.75 Å². The quantitative estimate of drug-likeness (QED) is 0.670. The SMILES string of the molecule is C[C@@H](c1nccs1)N(C)C(=O)c1coc(COc2ccccc2F)n1. The molecule has 0 N–H and O–H groups in total. The average molecular weight is 361 g/mol. The zero-order valence-corrected chi connectivity index (χ0v) is 14.5. The van der Waals surface area contributed by atoms with Crippen molar-refractivity contribution in [2.75, 3.05) is 7.05 Å². The summed E-state index contributed by atoms with van der Waals surface area (Å²) in [6.07, 6.45) is 2.97. The van der Waals surface area contributed by atoms with Gasteiger partial charge in [0.1, 0.15) is 11.3 Å². The van der Waals surface area contributed by atoms with Gasteiger partial charge in [-0.3, -0.25) is 4.79 Å². The minimum absolute atomic E-state index is 0.0695. The first kappa shape index (κ1) is 17.1. The number of oxazole rings is 1. The lowest BCUT2D eigenvalue weighted by molar-refractivity contribution is 0.0736. The molecule has 25 heavy (non-hydrogen) atoms. The maximum Gasteiger partial charge on any atom is 0.276 e. The topological polar surface area (TPSA) is 68.5 Å². The molecule has 0 aliphatic carbocycles. The molecule has 1 aromatic carbocycles. The highest BCUT2D eigenvalue weighted by molar-refractivity contribution is 7.09. The van der Waals surface area contributed by atoms with Crippen LogP contribution in [-0.4, -0.2) is 27.8 Å². The first-order valence-electron chi connectivity index (χ1n) is 7.54. The largest absolute Gasteiger partial charge is 0.481 e. The monoisotopic (exact) mass is 361 g/mol. The molecule has 2 heterocycles. The Labute approximate surface area is 147 Å². The maximum atomic E-state index is 13.5. The van der Waals surface area contributed by atoms with Crippen LogP contribution in [0, 0.1) is 5.82 Å². The van der Waals surface area contributed by atoms with Gasteiger partial charge in [0.25, 0.3) is 5.91 Å². The van der Waals surface area contributed by atoms with Crippen molar-refractivity contribution in [2.45, 2.75) is 19.6 Å². The van der Waals surface area contributed by atoms with Crippen LogP contribution < -0.4 is 4.74 Å². The van der Waals surface area contributed by atoms with E-state index in [9.17, 15) is 9.18 Å². The summed E-state index contributed by atoms with van der Waals surface area (Å²) >= 11 is 1.48. The van der Waals surface area contributed by atoms with Gasteiger partial charge in [0.05, 0.1) is 6.04 Å². The van der Waals surface area contributed by atoms with E-state index in [0.717, 1.165) is 5.01 Å². The molecule has 3 rings (SSSR count). The van der Waals surface area contributed by atoms with Gasteiger partial charge in [-0.15, -0.1) is 11.3 Å². The third-order valence-corrected chi connectivity index (χ3v) is 4.61. The lowest BCUT2D eigenvalue weighted by atomic mass is 10.3. The van der Waals surface area contributed by atoms with E-state index >= 15 is 0 Å². The number of hydrogen-bond donors (Lipinski definition) is 0. The van der Waals surface area contributed by atoms with E-state index in [0.29, 0.717) is 0 Å². The van der Waals surface area contributed by atoms with Crippen LogP contribution in [0.15, 0.2) is 46.5 Å². The number of rotatable bonds is 6. The number of amides is 1. The molecule has 1 amide bonds. The molecular formula is C17H16FN3O3S. The van der Waals surface area contributed by atoms with Crippen molar-refractivity contribution in [2.24, 2.45) is 0 Å². The average Bonchev–Trinajstić information content (AvgIpc) is 3.31. The second kappa shape index (κ2) is 7.43. The zero-order chi connectivity index (χ0) is 17.8. The van der Waals surface area contributed by atoms with Crippen molar-refractivity contribution < 1.29 is 18.3 Å². The molecule has 0 saturated heterocycles. The number of ether oxygens (including phenoxy) is 1. The molecule has 130 valence electrons. The number of aromatic nitrogens is 2. The highest BCUT2D eigenvalue weighted by Crippen LogP contribution is 2.22. The standard InChI is InChI=1S/C17H16FN3O3S/c1-11(16-19-7-8-25-16)21(2)17(22)13-9-24-15(20-13)10-23-14-6-4-3-5-12(14)18/h3-9,11H,10H2,1-2H3/t11-/m0/s1. The second-order valence-electron chi connectivity index (χ2n) is 5.31. The van der Waals surface area contributed by atoms with Crippen LogP contribution in [0.4, 0.5) is 4.39 Å². The fourth-order valence-electron chi connectivity index (χ4n) is 2.14. The predicted octanol–water partition coefficient (Wildman–Crippen LogP) is 3.68. The summed E-state index contributed by atoms with van der Waals surface area (Å²) in [4.78, 5) is 22.4. The van der Waals surface area contributed by atoms with Gasteiger partial charge < -0.3 is 14.1 Å². The Kier molecular flexibility index (Phi) is 5.08. The molecule has 6 nitrogen and oxygen atoms in total. The van der Waals surface area contributed by atoms with Crippen LogP contribution in [0.2, 0.25) is 0 Å². The minimum atomic E-state index is -0.470. The lowest BCUT2D eigenvalue weighted by Crippen LogP contribution is -2.29. The molecule has 0 radical (unpaired) electrons. The number of para-hydroxylation sites is 1. The summed E-state index contributed by atoms with van der Waals surface area (Å²) in [6, 6.07) is 5.87. The third-order valence-electron chi connectivity index (χ3n) is 3.67. The molecule has 0 bridgehead atoms. The Morgan fingerprint density at radius 1 is 1.44 bits per heavy atom. The van der Waals surface area contributed by atoms with Crippen LogP contribution in [-0.2, 0) is 6.61 Å². The van der Waals surface area contributed by atoms with E-state index < -0.39 is 5.82 Å². The summed E-state index contributed by atoms with van der Waals surface area (Å²) in [5.41, 5.74) is 0.165. The van der Waals surface area contributed by atoms with E-state index in [4.69, 9.17) is 9.15 Å². The van der Waals surface area contributed by atoms with Crippen LogP contribution in [0.3, 0.4) is 0 Å². The predicted molar refractivity (Wildman–Crippen MR) is 89.9 cm³/mol. The third kappa shape index (κ3) is 3.85. The second-order valence-corrected chi connectivity index (χ2v) is 6.23. The molecule has 1 atom stereocenters. The molecule has 0 saturated carbocycles. The van der Waals surface area contributed by atoms with Crippen molar-refractivity contribution in [3.05, 3.63) is 64.5 Å². The van der Waals surface area contributed by atoms with Gasteiger partial charge in [0.15, 0.2) is 23.9 Å². The van der Waals surface area contributed by atoms with Gasteiger partial charge >= 0.3 is 0 Å². The summed E-state index contributed by atoms with van der Waals surface area (Å²) < 4.78 is 24.1. The van der Waals surface area contributed by atoms with Crippen molar-refractivity contribution >= 4 is 17.2 Å². The van der Waals surface area contributed by atoms with Gasteiger partial charge in [-0.25, -0.2) is 14.4 Å². The highest BCUT2D eigenvalue weighted by Gasteiger charge is 2.23. The molecule has 0 fully saturated rings. The Bertz CT molecular complexity index is 850. The molecule has 0 spiro atoms. The van der Waals surface area contributed by atoms with Crippen molar-refractivity contribution in [3.8, 4) is 5.75 Å². The van der Waals surface area contributed by atoms with Gasteiger partial charge in [0, 0.05) is 18.6 Å². The molecule has 0 unspecified atom stereocenters. The number of carbonyl (C=O) groups is 1. The molecule has 8 heteroatoms. The summed E-state index contributed by atoms with van der Waals surface area (Å²) in [5.74, 6) is -0.462. The van der Waals surface area contributed by atoms with Crippen LogP contribution in [0.25, 0.3) is 0 Å². The number of nitrogens with zero attached hydrogens (tertiary/aromatic N) is 3. The first-order chi connectivity index (χ1) is 12.1. The van der Waals surface area contributed by atoms with E-state index in [-0.39, 0.29) is 35.9 Å². The van der Waals surface area contributed by atoms with Gasteiger partial charge in [-0.2, -0.15) is 0 Å². The Hall–Kier alpha value is -2.74. The van der Waals surface area contributed by atoms with Crippen LogP contribution >= 0.6 is 11.3 Å². The highest BCUT2D eigenvalue weighted by atomic mass is 32.1. The molecule has 0 aliphatic heterocycles. The van der Waals surface area contributed by atoms with Crippen molar-refractivity contribution in [1.29, 1.82) is 0 Å². The molecule has 0 aliphatic rings. The Balaban J connectivity index is 1.64. The molecule has 2 aromatic heterocycles. The van der Waals surface area contributed by atoms with E-state index in [1.165, 1.54) is 34.6 Å². The lowest BCUT2D eigenvalue weighted by Gasteiger charge is -2.21. The number of hydrogen-bond acceptors (Lipinski definition) is 6. The number of thiazole rings is 1. The van der Waals surface area contributed by atoms with E-state index in [1.54, 1.807) is 25.4 Å². The van der Waals surface area contributed by atoms with Crippen molar-refractivity contribution in [1.82, 2.24) is 14.9 Å². The summed E-state index contributed by atoms with van der Waals surface area (Å²) in [5, 5.41) is 2.70. The molecular weight excluding hydrogens is 345 g/mol. The van der Waals surface area contributed by atoms with Crippen LogP contribution in [0.1, 0.15) is 34.4 Å².